The van der Waals surface area contributed by atoms with Gasteiger partial charge in [-0.15, -0.1) is 0 Å². The summed E-state index contributed by atoms with van der Waals surface area (Å²) >= 11 is 0. The highest BCUT2D eigenvalue weighted by Crippen LogP contribution is 2.26. The molecule has 1 N–H and O–H groups in total. The van der Waals surface area contributed by atoms with Gasteiger partial charge in [0.05, 0.1) is 0 Å². The summed E-state index contributed by atoms with van der Waals surface area (Å²) in [4.78, 5) is 5.29. The van der Waals surface area contributed by atoms with Gasteiger partial charge in [-0.3, -0.25) is 4.90 Å². The lowest BCUT2D eigenvalue weighted by molar-refractivity contribution is 0.0284. The minimum atomic E-state index is 0.322. The molecular weight excluding hydrogens is 260 g/mol. The number of aliphatic hydroxyl groups is 1. The summed E-state index contributed by atoms with van der Waals surface area (Å²) in [7, 11) is 0. The van der Waals surface area contributed by atoms with Crippen LogP contribution in [-0.4, -0.2) is 60.3 Å². The first kappa shape index (κ1) is 17.2. The Morgan fingerprint density at radius 2 is 1.76 bits per heavy atom. The van der Waals surface area contributed by atoms with Crippen molar-refractivity contribution in [2.45, 2.75) is 65.3 Å². The lowest BCUT2D eigenvalue weighted by atomic mass is 9.88. The third-order valence-electron chi connectivity index (χ3n) is 5.07. The van der Waals surface area contributed by atoms with Crippen LogP contribution in [0.1, 0.15) is 59.3 Å². The van der Waals surface area contributed by atoms with E-state index in [1.54, 1.807) is 0 Å². The predicted molar refractivity (Wildman–Crippen MR) is 89.5 cm³/mol. The molecule has 21 heavy (non-hydrogen) atoms. The van der Waals surface area contributed by atoms with Crippen molar-refractivity contribution >= 4 is 0 Å². The maximum Gasteiger partial charge on any atom is 0.0446 e. The van der Waals surface area contributed by atoms with Crippen molar-refractivity contribution in [3.05, 3.63) is 0 Å². The Kier molecular flexibility index (Phi) is 6.51. The summed E-state index contributed by atoms with van der Waals surface area (Å²) in [5.41, 5.74) is 0.346. The van der Waals surface area contributed by atoms with Gasteiger partial charge in [0.25, 0.3) is 0 Å². The van der Waals surface area contributed by atoms with Gasteiger partial charge in [-0.1, -0.05) is 40.0 Å². The van der Waals surface area contributed by atoms with Gasteiger partial charge >= 0.3 is 0 Å². The molecule has 124 valence electrons. The van der Waals surface area contributed by atoms with Crippen molar-refractivity contribution in [3.63, 3.8) is 0 Å². The lowest BCUT2D eigenvalue weighted by Crippen LogP contribution is -2.56. The minimum absolute atomic E-state index is 0.322. The van der Waals surface area contributed by atoms with E-state index in [0.29, 0.717) is 18.1 Å². The van der Waals surface area contributed by atoms with E-state index >= 15 is 0 Å². The SMILES string of the molecule is CC(C)(C)CN1CCN(CC2CCCCC2)CC1CCO. The molecule has 1 saturated carbocycles. The van der Waals surface area contributed by atoms with Crippen molar-refractivity contribution in [2.24, 2.45) is 11.3 Å². The first-order valence-corrected chi connectivity index (χ1v) is 9.05. The van der Waals surface area contributed by atoms with E-state index in [1.165, 1.54) is 51.7 Å². The van der Waals surface area contributed by atoms with Gasteiger partial charge in [-0.05, 0) is 30.6 Å². The fourth-order valence-corrected chi connectivity index (χ4v) is 4.10. The van der Waals surface area contributed by atoms with E-state index in [4.69, 9.17) is 0 Å². The molecule has 1 unspecified atom stereocenters. The van der Waals surface area contributed by atoms with E-state index < -0.39 is 0 Å². The molecule has 1 atom stereocenters. The van der Waals surface area contributed by atoms with Crippen molar-refractivity contribution < 1.29 is 5.11 Å². The molecule has 0 spiro atoms. The molecule has 2 aliphatic rings. The van der Waals surface area contributed by atoms with Crippen LogP contribution >= 0.6 is 0 Å². The number of rotatable bonds is 5. The fraction of sp³-hybridized carbons (Fsp3) is 1.00. The lowest BCUT2D eigenvalue weighted by Gasteiger charge is -2.45. The van der Waals surface area contributed by atoms with Crippen molar-refractivity contribution in [3.8, 4) is 0 Å². The van der Waals surface area contributed by atoms with Gasteiger partial charge in [0.2, 0.25) is 0 Å². The quantitative estimate of drug-likeness (QED) is 0.845. The monoisotopic (exact) mass is 296 g/mol. The molecule has 0 aromatic rings. The van der Waals surface area contributed by atoms with Crippen LogP contribution < -0.4 is 0 Å². The number of aliphatic hydroxyl groups excluding tert-OH is 1. The minimum Gasteiger partial charge on any atom is -0.396 e. The van der Waals surface area contributed by atoms with E-state index in [9.17, 15) is 5.11 Å². The highest BCUT2D eigenvalue weighted by atomic mass is 16.3. The predicted octanol–water partition coefficient (Wildman–Crippen LogP) is 2.98. The Morgan fingerprint density at radius 3 is 2.38 bits per heavy atom. The number of hydrogen-bond donors (Lipinski definition) is 1. The Hall–Kier alpha value is -0.120. The van der Waals surface area contributed by atoms with E-state index in [-0.39, 0.29) is 0 Å². The molecule has 1 aliphatic carbocycles. The van der Waals surface area contributed by atoms with Crippen LogP contribution in [0.25, 0.3) is 0 Å². The van der Waals surface area contributed by atoms with E-state index in [1.807, 2.05) is 0 Å². The normalized spacial score (nSPS) is 27.1. The highest BCUT2D eigenvalue weighted by molar-refractivity contribution is 4.85. The highest BCUT2D eigenvalue weighted by Gasteiger charge is 2.30. The fourth-order valence-electron chi connectivity index (χ4n) is 4.10. The van der Waals surface area contributed by atoms with E-state index in [0.717, 1.165) is 25.4 Å². The van der Waals surface area contributed by atoms with Crippen molar-refractivity contribution in [1.29, 1.82) is 0 Å². The van der Waals surface area contributed by atoms with Crippen molar-refractivity contribution in [2.75, 3.05) is 39.3 Å². The summed E-state index contributed by atoms with van der Waals surface area (Å²) in [6, 6.07) is 0.548. The standard InChI is InChI=1S/C18H36N2O/c1-18(2,3)15-20-11-10-19(14-17(20)9-12-21)13-16-7-5-4-6-8-16/h16-17,21H,4-15H2,1-3H3. The Balaban J connectivity index is 1.85. The third kappa shape index (κ3) is 5.88. The zero-order chi connectivity index (χ0) is 15.3. The average Bonchev–Trinajstić information content (AvgIpc) is 2.42. The molecule has 1 saturated heterocycles. The van der Waals surface area contributed by atoms with Crippen LogP contribution in [0.2, 0.25) is 0 Å². The van der Waals surface area contributed by atoms with Gasteiger partial charge < -0.3 is 10.0 Å². The van der Waals surface area contributed by atoms with Crippen LogP contribution in [0, 0.1) is 11.3 Å². The molecule has 3 nitrogen and oxygen atoms in total. The van der Waals surface area contributed by atoms with Gasteiger partial charge in [-0.2, -0.15) is 0 Å². The average molecular weight is 296 g/mol. The van der Waals surface area contributed by atoms with Crippen LogP contribution in [0.15, 0.2) is 0 Å². The summed E-state index contributed by atoms with van der Waals surface area (Å²) < 4.78 is 0. The van der Waals surface area contributed by atoms with Gasteiger partial charge in [0.15, 0.2) is 0 Å². The maximum atomic E-state index is 9.40. The van der Waals surface area contributed by atoms with Gasteiger partial charge in [0, 0.05) is 45.4 Å². The summed E-state index contributed by atoms with van der Waals surface area (Å²) in [6.45, 7) is 13.3. The molecule has 1 aliphatic heterocycles. The molecule has 0 aromatic heterocycles. The molecule has 3 heteroatoms. The molecule has 2 rings (SSSR count). The Morgan fingerprint density at radius 1 is 1.05 bits per heavy atom. The first-order chi connectivity index (χ1) is 9.98. The molecular formula is C18H36N2O. The summed E-state index contributed by atoms with van der Waals surface area (Å²) in [5, 5.41) is 9.40. The molecule has 0 aromatic carbocycles. The van der Waals surface area contributed by atoms with Crippen LogP contribution in [0.5, 0.6) is 0 Å². The molecule has 2 fully saturated rings. The van der Waals surface area contributed by atoms with Crippen molar-refractivity contribution in [1.82, 2.24) is 9.80 Å². The molecule has 0 radical (unpaired) electrons. The first-order valence-electron chi connectivity index (χ1n) is 9.05. The largest absolute Gasteiger partial charge is 0.396 e. The Labute approximate surface area is 131 Å². The van der Waals surface area contributed by atoms with Gasteiger partial charge in [-0.25, -0.2) is 0 Å². The van der Waals surface area contributed by atoms with Crippen LogP contribution in [-0.2, 0) is 0 Å². The number of hydrogen-bond acceptors (Lipinski definition) is 3. The van der Waals surface area contributed by atoms with Gasteiger partial charge in [0.1, 0.15) is 0 Å². The second-order valence-corrected chi connectivity index (χ2v) is 8.46. The third-order valence-corrected chi connectivity index (χ3v) is 5.07. The van der Waals surface area contributed by atoms with E-state index in [2.05, 4.69) is 30.6 Å². The molecule has 1 heterocycles. The summed E-state index contributed by atoms with van der Waals surface area (Å²) in [5.74, 6) is 0.933. The molecule has 0 bridgehead atoms. The number of piperazine rings is 1. The van der Waals surface area contributed by atoms with Crippen LogP contribution in [0.3, 0.4) is 0 Å². The topological polar surface area (TPSA) is 26.7 Å². The molecule has 0 amide bonds. The van der Waals surface area contributed by atoms with Crippen LogP contribution in [0.4, 0.5) is 0 Å². The zero-order valence-electron chi connectivity index (χ0n) is 14.5. The number of nitrogens with zero attached hydrogens (tertiary/aromatic N) is 2. The second kappa shape index (κ2) is 7.94. The zero-order valence-corrected chi connectivity index (χ0v) is 14.5. The smallest absolute Gasteiger partial charge is 0.0446 e. The maximum absolute atomic E-state index is 9.40. The summed E-state index contributed by atoms with van der Waals surface area (Å²) in [6.07, 6.45) is 8.13. The second-order valence-electron chi connectivity index (χ2n) is 8.46. The Bertz CT molecular complexity index is 294.